The monoisotopic (exact) mass is 609 g/mol. The van der Waals surface area contributed by atoms with Crippen LogP contribution in [0.4, 0.5) is 10.7 Å². The van der Waals surface area contributed by atoms with Crippen LogP contribution in [0.2, 0.25) is 0 Å². The largest absolute Gasteiger partial charge is 0.511 e. The Morgan fingerprint density at radius 3 is 2.49 bits per heavy atom. The molecule has 2 heterocycles. The minimum Gasteiger partial charge on any atom is -0.431 e. The number of rotatable bonds is 10. The summed E-state index contributed by atoms with van der Waals surface area (Å²) in [6.07, 6.45) is 2.71. The van der Waals surface area contributed by atoms with E-state index in [1.165, 1.54) is 6.92 Å². The quantitative estimate of drug-likeness (QED) is 0.136. The molecular weight excluding hydrogens is 574 g/mol. The Balaban J connectivity index is 1.22. The van der Waals surface area contributed by atoms with Crippen molar-refractivity contribution < 1.29 is 23.8 Å². The third-order valence-electron chi connectivity index (χ3n) is 7.79. The molecule has 6 rings (SSSR count). The summed E-state index contributed by atoms with van der Waals surface area (Å²) in [5.74, 6) is 0.519. The highest BCUT2D eigenvalue weighted by Crippen LogP contribution is 2.31. The van der Waals surface area contributed by atoms with E-state index < -0.39 is 18.4 Å². The Morgan fingerprint density at radius 2 is 1.76 bits per heavy atom. The van der Waals surface area contributed by atoms with Crippen molar-refractivity contribution in [3.8, 4) is 22.5 Å². The van der Waals surface area contributed by atoms with Crippen molar-refractivity contribution in [3.63, 3.8) is 0 Å². The molecule has 2 aromatic heterocycles. The first-order valence-corrected chi connectivity index (χ1v) is 15.2. The molecule has 0 amide bonds. The summed E-state index contributed by atoms with van der Waals surface area (Å²) < 4.78 is 18.2. The van der Waals surface area contributed by atoms with E-state index in [-0.39, 0.29) is 6.10 Å². The molecule has 1 atom stereocenters. The Hall–Kier alpha value is -5.26. The molecule has 0 radical (unpaired) electrons. The van der Waals surface area contributed by atoms with Crippen LogP contribution in [0.15, 0.2) is 66.7 Å². The first kappa shape index (κ1) is 29.8. The standard InChI is InChI=1S/C33H35N7O5/c1-3-34-32-35-28-15-9-14-27(31(41)43-21(2)44-33(42)45-24-10-5-4-6-11-24)29(28)40(32)20-22-16-18-23(19-17-22)25-12-7-8-13-26(25)30-36-38-39-37-30/h7-9,12-19,21,24H,3-6,10-11,20H2,1-2H3,(H,34,35)(H,36,37,38,39). The summed E-state index contributed by atoms with van der Waals surface area (Å²) in [7, 11) is 0. The second-order valence-corrected chi connectivity index (χ2v) is 10.9. The molecule has 232 valence electrons. The van der Waals surface area contributed by atoms with Gasteiger partial charge >= 0.3 is 12.1 Å². The number of aromatic nitrogens is 6. The van der Waals surface area contributed by atoms with Crippen LogP contribution in [0.3, 0.4) is 0 Å². The Bertz CT molecular complexity index is 1760. The molecule has 1 aliphatic carbocycles. The summed E-state index contributed by atoms with van der Waals surface area (Å²) >= 11 is 0. The number of nitrogens with zero attached hydrogens (tertiary/aromatic N) is 5. The van der Waals surface area contributed by atoms with E-state index in [2.05, 4.69) is 25.9 Å². The van der Waals surface area contributed by atoms with Crippen LogP contribution in [-0.2, 0) is 20.8 Å². The van der Waals surface area contributed by atoms with Crippen LogP contribution in [0.5, 0.6) is 0 Å². The van der Waals surface area contributed by atoms with E-state index in [1.807, 2.05) is 66.1 Å². The molecule has 2 N–H and O–H groups in total. The zero-order valence-electron chi connectivity index (χ0n) is 25.2. The first-order chi connectivity index (χ1) is 22.0. The predicted molar refractivity (Wildman–Crippen MR) is 167 cm³/mol. The number of nitrogens with one attached hydrogen (secondary N) is 2. The molecule has 1 fully saturated rings. The summed E-state index contributed by atoms with van der Waals surface area (Å²) in [6.45, 7) is 4.57. The number of carbonyl (C=O) groups excluding carboxylic acids is 2. The molecule has 45 heavy (non-hydrogen) atoms. The average molecular weight is 610 g/mol. The number of esters is 1. The van der Waals surface area contributed by atoms with Gasteiger partial charge in [-0.25, -0.2) is 14.6 Å². The molecule has 0 saturated heterocycles. The van der Waals surface area contributed by atoms with E-state index in [4.69, 9.17) is 19.2 Å². The molecule has 0 bridgehead atoms. The van der Waals surface area contributed by atoms with E-state index in [9.17, 15) is 9.59 Å². The Kier molecular flexibility index (Phi) is 8.99. The van der Waals surface area contributed by atoms with Gasteiger partial charge in [0.2, 0.25) is 18.1 Å². The molecule has 3 aromatic carbocycles. The second kappa shape index (κ2) is 13.6. The van der Waals surface area contributed by atoms with Gasteiger partial charge in [-0.1, -0.05) is 61.0 Å². The highest BCUT2D eigenvalue weighted by molar-refractivity contribution is 6.03. The van der Waals surface area contributed by atoms with Crippen molar-refractivity contribution >= 4 is 29.1 Å². The van der Waals surface area contributed by atoms with Gasteiger partial charge in [0.1, 0.15) is 6.10 Å². The minimum atomic E-state index is -1.13. The van der Waals surface area contributed by atoms with Crippen LogP contribution in [0.1, 0.15) is 61.9 Å². The minimum absolute atomic E-state index is 0.156. The van der Waals surface area contributed by atoms with Gasteiger partial charge in [0.25, 0.3) is 0 Å². The van der Waals surface area contributed by atoms with Crippen LogP contribution in [0, 0.1) is 0 Å². The van der Waals surface area contributed by atoms with E-state index in [0.717, 1.165) is 54.4 Å². The lowest BCUT2D eigenvalue weighted by Crippen LogP contribution is -2.26. The van der Waals surface area contributed by atoms with Crippen LogP contribution >= 0.6 is 0 Å². The molecule has 1 unspecified atom stereocenters. The number of tetrazole rings is 1. The molecule has 5 aromatic rings. The number of benzene rings is 3. The number of fused-ring (bicyclic) bond motifs is 1. The fourth-order valence-electron chi connectivity index (χ4n) is 5.70. The van der Waals surface area contributed by atoms with E-state index in [1.54, 1.807) is 12.1 Å². The van der Waals surface area contributed by atoms with Crippen molar-refractivity contribution in [2.75, 3.05) is 11.9 Å². The zero-order valence-corrected chi connectivity index (χ0v) is 25.2. The van der Waals surface area contributed by atoms with Gasteiger partial charge in [-0.2, -0.15) is 5.21 Å². The van der Waals surface area contributed by atoms with Gasteiger partial charge in [-0.15, -0.1) is 10.2 Å². The Morgan fingerprint density at radius 1 is 0.978 bits per heavy atom. The SMILES string of the molecule is CCNc1nc2cccc(C(=O)OC(C)OC(=O)OC3CCCCC3)c2n1Cc1ccc(-c2ccccc2-c2nn[nH]n2)cc1. The van der Waals surface area contributed by atoms with Crippen molar-refractivity contribution in [2.24, 2.45) is 0 Å². The predicted octanol–water partition coefficient (Wildman–Crippen LogP) is 6.35. The fraction of sp³-hybridized carbons (Fsp3) is 0.333. The van der Waals surface area contributed by atoms with E-state index >= 15 is 0 Å². The molecule has 0 spiro atoms. The van der Waals surface area contributed by atoms with Crippen LogP contribution in [-0.4, -0.2) is 61.2 Å². The molecule has 0 aliphatic heterocycles. The van der Waals surface area contributed by atoms with Crippen molar-refractivity contribution in [1.82, 2.24) is 30.2 Å². The molecule has 1 saturated carbocycles. The van der Waals surface area contributed by atoms with Crippen LogP contribution < -0.4 is 5.32 Å². The molecule has 12 heteroatoms. The molecule has 12 nitrogen and oxygen atoms in total. The lowest BCUT2D eigenvalue weighted by Gasteiger charge is -2.22. The number of carbonyl (C=O) groups is 2. The van der Waals surface area contributed by atoms with Crippen molar-refractivity contribution in [1.29, 1.82) is 0 Å². The van der Waals surface area contributed by atoms with Gasteiger partial charge in [-0.3, -0.25) is 0 Å². The Labute approximate surface area is 260 Å². The van der Waals surface area contributed by atoms with Gasteiger partial charge < -0.3 is 24.1 Å². The number of hydrogen-bond acceptors (Lipinski definition) is 10. The maximum Gasteiger partial charge on any atom is 0.511 e. The lowest BCUT2D eigenvalue weighted by molar-refractivity contribution is -0.0914. The summed E-state index contributed by atoms with van der Waals surface area (Å²) in [5.41, 5.74) is 5.42. The number of aromatic amines is 1. The number of ether oxygens (including phenoxy) is 3. The number of anilines is 1. The highest BCUT2D eigenvalue weighted by Gasteiger charge is 2.24. The fourth-order valence-corrected chi connectivity index (χ4v) is 5.70. The maximum absolute atomic E-state index is 13.4. The normalized spacial score (nSPS) is 14.2. The van der Waals surface area contributed by atoms with Gasteiger partial charge in [0.15, 0.2) is 0 Å². The average Bonchev–Trinajstić information content (AvgIpc) is 3.71. The number of H-pyrrole nitrogens is 1. The van der Waals surface area contributed by atoms with E-state index in [0.29, 0.717) is 41.5 Å². The molecular formula is C33H35N7O5. The first-order valence-electron chi connectivity index (χ1n) is 15.2. The highest BCUT2D eigenvalue weighted by atomic mass is 16.8. The lowest BCUT2D eigenvalue weighted by atomic mass is 9.98. The number of hydrogen-bond donors (Lipinski definition) is 2. The van der Waals surface area contributed by atoms with Crippen molar-refractivity contribution in [3.05, 3.63) is 77.9 Å². The van der Waals surface area contributed by atoms with Gasteiger partial charge in [-0.05, 0) is 66.6 Å². The molecule has 1 aliphatic rings. The zero-order chi connectivity index (χ0) is 31.2. The van der Waals surface area contributed by atoms with Gasteiger partial charge in [0, 0.05) is 19.0 Å². The summed E-state index contributed by atoms with van der Waals surface area (Å²) in [4.78, 5) is 30.5. The number of imidazole rings is 1. The summed E-state index contributed by atoms with van der Waals surface area (Å²) in [6, 6.07) is 21.3. The maximum atomic E-state index is 13.4. The van der Waals surface area contributed by atoms with Crippen molar-refractivity contribution in [2.45, 2.75) is 64.9 Å². The second-order valence-electron chi connectivity index (χ2n) is 10.9. The topological polar surface area (TPSA) is 146 Å². The smallest absolute Gasteiger partial charge is 0.431 e. The number of para-hydroxylation sites is 1. The van der Waals surface area contributed by atoms with Crippen LogP contribution in [0.25, 0.3) is 33.5 Å². The third-order valence-corrected chi connectivity index (χ3v) is 7.79. The summed E-state index contributed by atoms with van der Waals surface area (Å²) in [5, 5.41) is 17.8. The third kappa shape index (κ3) is 6.79. The van der Waals surface area contributed by atoms with Gasteiger partial charge in [0.05, 0.1) is 23.1 Å².